The van der Waals surface area contributed by atoms with Gasteiger partial charge in [0.05, 0.1) is 11.3 Å². The third-order valence-electron chi connectivity index (χ3n) is 2.87. The first kappa shape index (κ1) is 14.2. The van der Waals surface area contributed by atoms with Gasteiger partial charge >= 0.3 is 0 Å². The molecule has 1 heterocycles. The second-order valence-electron chi connectivity index (χ2n) is 4.61. The Labute approximate surface area is 106 Å². The number of carbonyl (C=O) groups is 1. The first-order valence-electron chi connectivity index (χ1n) is 5.95. The van der Waals surface area contributed by atoms with Gasteiger partial charge in [-0.2, -0.15) is 0 Å². The maximum absolute atomic E-state index is 12.0. The van der Waals surface area contributed by atoms with Crippen molar-refractivity contribution in [3.8, 4) is 0 Å². The van der Waals surface area contributed by atoms with Crippen molar-refractivity contribution in [1.29, 1.82) is 0 Å². The quantitative estimate of drug-likeness (QED) is 0.306. The molecule has 0 aromatic rings. The first-order chi connectivity index (χ1) is 8.06. The number of hydrogen-bond acceptors (Lipinski definition) is 4. The summed E-state index contributed by atoms with van der Waals surface area (Å²) in [4.78, 5) is 12.0. The number of rotatable bonds is 4. The summed E-state index contributed by atoms with van der Waals surface area (Å²) in [6, 6.07) is -0.393. The molecule has 0 aliphatic carbocycles. The minimum Gasteiger partial charge on any atom is -0.409 e. The average molecular weight is 259 g/mol. The molecule has 1 aliphatic rings. The number of amidine groups is 1. The number of amides is 1. The highest BCUT2D eigenvalue weighted by Crippen LogP contribution is 2.25. The smallest absolute Gasteiger partial charge is 0.233 e. The molecule has 0 aromatic heterocycles. The lowest BCUT2D eigenvalue weighted by molar-refractivity contribution is -0.121. The summed E-state index contributed by atoms with van der Waals surface area (Å²) < 4.78 is 0. The van der Waals surface area contributed by atoms with Crippen molar-refractivity contribution in [3.05, 3.63) is 0 Å². The molecule has 0 bridgehead atoms. The molecule has 0 saturated carbocycles. The van der Waals surface area contributed by atoms with Gasteiger partial charge in [-0.15, -0.1) is 11.8 Å². The van der Waals surface area contributed by atoms with Crippen LogP contribution < -0.4 is 11.1 Å². The van der Waals surface area contributed by atoms with Gasteiger partial charge in [0.15, 0.2) is 5.84 Å². The maximum atomic E-state index is 12.0. The third-order valence-corrected chi connectivity index (χ3v) is 4.25. The van der Waals surface area contributed by atoms with Gasteiger partial charge in [-0.1, -0.05) is 25.4 Å². The molecule has 1 aliphatic heterocycles. The summed E-state index contributed by atoms with van der Waals surface area (Å²) in [5.74, 6) is 1.20. The van der Waals surface area contributed by atoms with E-state index in [0.717, 1.165) is 18.6 Å². The Morgan fingerprint density at radius 1 is 1.53 bits per heavy atom. The summed E-state index contributed by atoms with van der Waals surface area (Å²) in [5, 5.41) is 14.5. The summed E-state index contributed by atoms with van der Waals surface area (Å²) in [6.07, 6.45) is 3.20. The van der Waals surface area contributed by atoms with Crippen molar-refractivity contribution in [3.63, 3.8) is 0 Å². The second-order valence-corrected chi connectivity index (χ2v) is 5.92. The summed E-state index contributed by atoms with van der Waals surface area (Å²) in [6.45, 7) is 3.86. The zero-order valence-corrected chi connectivity index (χ0v) is 11.2. The van der Waals surface area contributed by atoms with Crippen molar-refractivity contribution in [2.45, 2.75) is 44.4 Å². The third kappa shape index (κ3) is 4.11. The molecule has 6 heteroatoms. The van der Waals surface area contributed by atoms with Crippen LogP contribution in [0.4, 0.5) is 0 Å². The number of hydrogen-bond donors (Lipinski definition) is 3. The molecule has 5 nitrogen and oxygen atoms in total. The van der Waals surface area contributed by atoms with E-state index in [9.17, 15) is 4.79 Å². The lowest BCUT2D eigenvalue weighted by Gasteiger charge is -2.25. The fourth-order valence-electron chi connectivity index (χ4n) is 1.84. The van der Waals surface area contributed by atoms with Crippen LogP contribution in [-0.4, -0.2) is 34.0 Å². The van der Waals surface area contributed by atoms with E-state index >= 15 is 0 Å². The summed E-state index contributed by atoms with van der Waals surface area (Å²) in [7, 11) is 0. The highest BCUT2D eigenvalue weighted by molar-refractivity contribution is 8.00. The van der Waals surface area contributed by atoms with Gasteiger partial charge in [0.1, 0.15) is 0 Å². The highest BCUT2D eigenvalue weighted by Gasteiger charge is 2.27. The van der Waals surface area contributed by atoms with Crippen molar-refractivity contribution < 1.29 is 10.0 Å². The average Bonchev–Trinajstić information content (AvgIpc) is 2.35. The van der Waals surface area contributed by atoms with Gasteiger partial charge in [0.25, 0.3) is 0 Å². The fourth-order valence-corrected chi connectivity index (χ4v) is 3.05. The van der Waals surface area contributed by atoms with Crippen LogP contribution in [-0.2, 0) is 4.79 Å². The van der Waals surface area contributed by atoms with E-state index in [2.05, 4.69) is 10.5 Å². The minimum atomic E-state index is -0.393. The van der Waals surface area contributed by atoms with E-state index < -0.39 is 6.04 Å². The number of nitrogens with zero attached hydrogens (tertiary/aromatic N) is 1. The molecule has 98 valence electrons. The molecular weight excluding hydrogens is 238 g/mol. The predicted octanol–water partition coefficient (Wildman–Crippen LogP) is 1.16. The number of oxime groups is 1. The fraction of sp³-hybridized carbons (Fsp3) is 0.818. The van der Waals surface area contributed by atoms with E-state index in [0.29, 0.717) is 0 Å². The van der Waals surface area contributed by atoms with Gasteiger partial charge in [-0.25, -0.2) is 0 Å². The Hall–Kier alpha value is -0.910. The number of thioether (sulfide) groups is 1. The van der Waals surface area contributed by atoms with Crippen molar-refractivity contribution in [2.24, 2.45) is 16.8 Å². The Morgan fingerprint density at radius 2 is 2.24 bits per heavy atom. The standard InChI is InChI=1S/C11H21N3O2S/c1-7(2)9(10(12)14-16)13-11(15)8-5-3-4-6-17-8/h7-9,16H,3-6H2,1-2H3,(H2,12,14)(H,13,15). The summed E-state index contributed by atoms with van der Waals surface area (Å²) in [5.41, 5.74) is 5.57. The SMILES string of the molecule is CC(C)C(NC(=O)C1CCCCS1)C(N)=NO. The summed E-state index contributed by atoms with van der Waals surface area (Å²) >= 11 is 1.69. The van der Waals surface area contributed by atoms with Crippen LogP contribution in [0.1, 0.15) is 33.1 Å². The zero-order chi connectivity index (χ0) is 12.8. The molecule has 17 heavy (non-hydrogen) atoms. The van der Waals surface area contributed by atoms with E-state index in [-0.39, 0.29) is 22.9 Å². The lowest BCUT2D eigenvalue weighted by atomic mass is 10.0. The zero-order valence-electron chi connectivity index (χ0n) is 10.3. The van der Waals surface area contributed by atoms with E-state index in [4.69, 9.17) is 10.9 Å². The number of carbonyl (C=O) groups excluding carboxylic acids is 1. The molecule has 0 spiro atoms. The highest BCUT2D eigenvalue weighted by atomic mass is 32.2. The van der Waals surface area contributed by atoms with Crippen LogP contribution in [0, 0.1) is 5.92 Å². The molecule has 4 N–H and O–H groups in total. The normalized spacial score (nSPS) is 23.5. The minimum absolute atomic E-state index is 0.000000000000000222. The molecule has 2 unspecified atom stereocenters. The second kappa shape index (κ2) is 6.74. The lowest BCUT2D eigenvalue weighted by Crippen LogP contribution is -2.50. The van der Waals surface area contributed by atoms with Gasteiger partial charge in [0, 0.05) is 0 Å². The molecule has 1 amide bonds. The molecule has 0 radical (unpaired) electrons. The molecule has 1 saturated heterocycles. The molecular formula is C11H21N3O2S. The van der Waals surface area contributed by atoms with Crippen LogP contribution in [0.5, 0.6) is 0 Å². The predicted molar refractivity (Wildman–Crippen MR) is 70.3 cm³/mol. The van der Waals surface area contributed by atoms with Crippen molar-refractivity contribution >= 4 is 23.5 Å². The maximum Gasteiger partial charge on any atom is 0.233 e. The first-order valence-corrected chi connectivity index (χ1v) is 7.00. The molecule has 2 atom stereocenters. The van der Waals surface area contributed by atoms with Gasteiger partial charge in [0.2, 0.25) is 5.91 Å². The largest absolute Gasteiger partial charge is 0.409 e. The Morgan fingerprint density at radius 3 is 2.71 bits per heavy atom. The Bertz CT molecular complexity index is 288. The molecule has 1 fully saturated rings. The number of nitrogens with two attached hydrogens (primary N) is 1. The van der Waals surface area contributed by atoms with Gasteiger partial charge in [-0.3, -0.25) is 4.79 Å². The van der Waals surface area contributed by atoms with E-state index in [1.54, 1.807) is 11.8 Å². The van der Waals surface area contributed by atoms with Crippen LogP contribution in [0.3, 0.4) is 0 Å². The topological polar surface area (TPSA) is 87.7 Å². The van der Waals surface area contributed by atoms with E-state index in [1.165, 1.54) is 6.42 Å². The van der Waals surface area contributed by atoms with Crippen LogP contribution in [0.2, 0.25) is 0 Å². The van der Waals surface area contributed by atoms with Crippen LogP contribution in [0.15, 0.2) is 5.16 Å². The van der Waals surface area contributed by atoms with E-state index in [1.807, 2.05) is 13.8 Å². The van der Waals surface area contributed by atoms with Crippen molar-refractivity contribution in [1.82, 2.24) is 5.32 Å². The molecule has 1 rings (SSSR count). The van der Waals surface area contributed by atoms with Gasteiger partial charge < -0.3 is 16.3 Å². The van der Waals surface area contributed by atoms with Gasteiger partial charge in [-0.05, 0) is 24.5 Å². The van der Waals surface area contributed by atoms with Crippen LogP contribution >= 0.6 is 11.8 Å². The van der Waals surface area contributed by atoms with Crippen molar-refractivity contribution in [2.75, 3.05) is 5.75 Å². The number of nitrogens with one attached hydrogen (secondary N) is 1. The monoisotopic (exact) mass is 259 g/mol. The van der Waals surface area contributed by atoms with Crippen LogP contribution in [0.25, 0.3) is 0 Å². The molecule has 0 aromatic carbocycles. The Balaban J connectivity index is 2.57. The Kier molecular flexibility index (Phi) is 5.61.